The zero-order valence-corrected chi connectivity index (χ0v) is 14.4. The molecule has 0 atom stereocenters. The van der Waals surface area contributed by atoms with Gasteiger partial charge in [-0.3, -0.25) is 0 Å². The van der Waals surface area contributed by atoms with Crippen molar-refractivity contribution in [2.75, 3.05) is 0 Å². The molecule has 2 aromatic rings. The summed E-state index contributed by atoms with van der Waals surface area (Å²) in [4.78, 5) is 4.09. The Morgan fingerprint density at radius 1 is 1.24 bits per heavy atom. The van der Waals surface area contributed by atoms with Crippen molar-refractivity contribution in [1.82, 2.24) is 9.55 Å². The molecule has 0 bridgehead atoms. The third-order valence-corrected chi connectivity index (χ3v) is 4.82. The molecule has 1 aromatic carbocycles. The molecule has 8 heteroatoms. The van der Waals surface area contributed by atoms with E-state index >= 15 is 0 Å². The van der Waals surface area contributed by atoms with Gasteiger partial charge in [0, 0.05) is 38.4 Å². The van der Waals surface area contributed by atoms with Crippen molar-refractivity contribution in [3.8, 4) is 0 Å². The molecule has 4 nitrogen and oxygen atoms in total. The van der Waals surface area contributed by atoms with Crippen molar-refractivity contribution in [2.45, 2.75) is 31.3 Å². The zero-order chi connectivity index (χ0) is 15.8. The van der Waals surface area contributed by atoms with E-state index in [0.29, 0.717) is 28.0 Å². The topological polar surface area (TPSA) is 52.0 Å². The molecule has 0 saturated carbocycles. The van der Waals surface area contributed by atoms with Crippen LogP contribution in [0.5, 0.6) is 0 Å². The van der Waals surface area contributed by atoms with Crippen LogP contribution in [0.1, 0.15) is 31.2 Å². The molecule has 2 rings (SSSR count). The van der Waals surface area contributed by atoms with Gasteiger partial charge in [0.15, 0.2) is 5.03 Å². The Morgan fingerprint density at radius 2 is 1.81 bits per heavy atom. The first kappa shape index (κ1) is 16.6. The highest BCUT2D eigenvalue weighted by Gasteiger charge is 2.20. The molecule has 0 aliphatic heterocycles. The van der Waals surface area contributed by atoms with E-state index < -0.39 is 9.05 Å². The average molecular weight is 368 g/mol. The summed E-state index contributed by atoms with van der Waals surface area (Å²) in [5, 5.41) is 0.860. The van der Waals surface area contributed by atoms with Gasteiger partial charge in [0.05, 0.1) is 6.54 Å². The maximum atomic E-state index is 11.4. The number of hydrogen-bond acceptors (Lipinski definition) is 3. The Labute approximate surface area is 138 Å². The SMILES string of the molecule is CC(C)c1nc(S(=O)(=O)Cl)cn1Cc1c(Cl)cccc1Cl. The van der Waals surface area contributed by atoms with Crippen LogP contribution in [0.25, 0.3) is 0 Å². The van der Waals surface area contributed by atoms with E-state index in [4.69, 9.17) is 33.9 Å². The largest absolute Gasteiger partial charge is 0.329 e. The van der Waals surface area contributed by atoms with Crippen LogP contribution in [0.3, 0.4) is 0 Å². The number of halogens is 3. The van der Waals surface area contributed by atoms with Crippen LogP contribution in [0, 0.1) is 0 Å². The molecule has 1 aromatic heterocycles. The van der Waals surface area contributed by atoms with Gasteiger partial charge in [-0.05, 0) is 12.1 Å². The molecule has 0 amide bonds. The van der Waals surface area contributed by atoms with Crippen LogP contribution < -0.4 is 0 Å². The standard InChI is InChI=1S/C13H13Cl3N2O2S/c1-8(2)13-17-12(21(16,19)20)7-18(13)6-9-10(14)4-3-5-11(9)15/h3-5,7-8H,6H2,1-2H3. The molecule has 114 valence electrons. The summed E-state index contributed by atoms with van der Waals surface area (Å²) in [6.45, 7) is 4.15. The molecular formula is C13H13Cl3N2O2S. The Balaban J connectivity index is 2.51. The van der Waals surface area contributed by atoms with Gasteiger partial charge in [-0.15, -0.1) is 0 Å². The Bertz CT molecular complexity index is 749. The van der Waals surface area contributed by atoms with E-state index in [2.05, 4.69) is 4.98 Å². The second-order valence-corrected chi connectivity index (χ2v) is 8.19. The molecule has 0 saturated heterocycles. The van der Waals surface area contributed by atoms with Crippen molar-refractivity contribution in [2.24, 2.45) is 0 Å². The smallest absolute Gasteiger partial charge is 0.280 e. The number of aromatic nitrogens is 2. The predicted molar refractivity (Wildman–Crippen MR) is 84.9 cm³/mol. The number of imidazole rings is 1. The Morgan fingerprint density at radius 3 is 2.29 bits per heavy atom. The monoisotopic (exact) mass is 366 g/mol. The second-order valence-electron chi connectivity index (χ2n) is 4.86. The minimum absolute atomic E-state index is 0.0263. The summed E-state index contributed by atoms with van der Waals surface area (Å²) in [7, 11) is 1.48. The van der Waals surface area contributed by atoms with Gasteiger partial charge in [-0.1, -0.05) is 43.1 Å². The van der Waals surface area contributed by atoms with Gasteiger partial charge in [-0.2, -0.15) is 0 Å². The number of rotatable bonds is 4. The maximum absolute atomic E-state index is 11.4. The minimum atomic E-state index is -3.88. The molecule has 0 spiro atoms. The van der Waals surface area contributed by atoms with Gasteiger partial charge in [-0.25, -0.2) is 13.4 Å². The summed E-state index contributed by atoms with van der Waals surface area (Å²) in [6.07, 6.45) is 1.40. The number of benzene rings is 1. The summed E-state index contributed by atoms with van der Waals surface area (Å²) in [6, 6.07) is 5.21. The minimum Gasteiger partial charge on any atom is -0.329 e. The lowest BCUT2D eigenvalue weighted by molar-refractivity contribution is 0.606. The van der Waals surface area contributed by atoms with Gasteiger partial charge in [0.25, 0.3) is 9.05 Å². The molecule has 0 aliphatic carbocycles. The first-order chi connectivity index (χ1) is 9.70. The second kappa shape index (κ2) is 6.16. The fourth-order valence-corrected chi connectivity index (χ4v) is 3.16. The van der Waals surface area contributed by atoms with Crippen LogP contribution in [0.4, 0.5) is 0 Å². The third kappa shape index (κ3) is 3.72. The van der Waals surface area contributed by atoms with E-state index in [1.807, 2.05) is 13.8 Å². The third-order valence-electron chi connectivity index (χ3n) is 2.94. The molecule has 0 radical (unpaired) electrons. The van der Waals surface area contributed by atoms with Crippen molar-refractivity contribution < 1.29 is 8.42 Å². The lowest BCUT2D eigenvalue weighted by Crippen LogP contribution is -2.06. The fourth-order valence-electron chi connectivity index (χ4n) is 1.96. The summed E-state index contributed by atoms with van der Waals surface area (Å²) >= 11 is 12.3. The van der Waals surface area contributed by atoms with Crippen LogP contribution in [0.2, 0.25) is 10.0 Å². The number of hydrogen-bond donors (Lipinski definition) is 0. The first-order valence-electron chi connectivity index (χ1n) is 6.14. The Kier molecular flexibility index (Phi) is 4.88. The van der Waals surface area contributed by atoms with Gasteiger partial charge < -0.3 is 4.57 Å². The van der Waals surface area contributed by atoms with Crippen molar-refractivity contribution in [3.63, 3.8) is 0 Å². The fraction of sp³-hybridized carbons (Fsp3) is 0.308. The molecule has 21 heavy (non-hydrogen) atoms. The summed E-state index contributed by atoms with van der Waals surface area (Å²) in [5.41, 5.74) is 0.707. The average Bonchev–Trinajstić information content (AvgIpc) is 2.78. The van der Waals surface area contributed by atoms with E-state index in [0.717, 1.165) is 0 Å². The van der Waals surface area contributed by atoms with Crippen LogP contribution in [-0.4, -0.2) is 18.0 Å². The van der Waals surface area contributed by atoms with Crippen molar-refractivity contribution in [1.29, 1.82) is 0 Å². The van der Waals surface area contributed by atoms with Gasteiger partial charge in [0.1, 0.15) is 5.82 Å². The van der Waals surface area contributed by atoms with E-state index in [1.165, 1.54) is 6.20 Å². The van der Waals surface area contributed by atoms with Crippen LogP contribution in [0.15, 0.2) is 29.4 Å². The van der Waals surface area contributed by atoms with Gasteiger partial charge >= 0.3 is 0 Å². The lowest BCUT2D eigenvalue weighted by Gasteiger charge is -2.12. The molecule has 0 fully saturated rings. The van der Waals surface area contributed by atoms with Crippen LogP contribution in [-0.2, 0) is 15.6 Å². The highest BCUT2D eigenvalue weighted by atomic mass is 35.7. The maximum Gasteiger partial charge on any atom is 0.280 e. The number of nitrogens with zero attached hydrogens (tertiary/aromatic N) is 2. The first-order valence-corrected chi connectivity index (χ1v) is 9.21. The van der Waals surface area contributed by atoms with E-state index in [1.54, 1.807) is 22.8 Å². The van der Waals surface area contributed by atoms with Crippen molar-refractivity contribution in [3.05, 3.63) is 45.8 Å². The van der Waals surface area contributed by atoms with Crippen LogP contribution >= 0.6 is 33.9 Å². The highest BCUT2D eigenvalue weighted by molar-refractivity contribution is 8.13. The van der Waals surface area contributed by atoms with E-state index in [-0.39, 0.29) is 10.9 Å². The van der Waals surface area contributed by atoms with Crippen molar-refractivity contribution >= 4 is 42.9 Å². The molecule has 0 unspecified atom stereocenters. The zero-order valence-electron chi connectivity index (χ0n) is 11.3. The quantitative estimate of drug-likeness (QED) is 0.757. The van der Waals surface area contributed by atoms with Gasteiger partial charge in [0.2, 0.25) is 0 Å². The molecular weight excluding hydrogens is 355 g/mol. The van der Waals surface area contributed by atoms with E-state index in [9.17, 15) is 8.42 Å². The highest BCUT2D eigenvalue weighted by Crippen LogP contribution is 2.27. The summed E-state index contributed by atoms with van der Waals surface area (Å²) in [5.74, 6) is 0.628. The Hall–Kier alpha value is -0.750. The molecule has 0 aliphatic rings. The molecule has 1 heterocycles. The summed E-state index contributed by atoms with van der Waals surface area (Å²) < 4.78 is 24.6. The lowest BCUT2D eigenvalue weighted by atomic mass is 10.2. The molecule has 0 N–H and O–H groups in total. The predicted octanol–water partition coefficient (Wildman–Crippen LogP) is 4.29. The normalized spacial score (nSPS) is 12.1.